The normalized spacial score (nSPS) is 19.0. The molecule has 1 aromatic heterocycles. The van der Waals surface area contributed by atoms with Crippen molar-refractivity contribution in [1.29, 1.82) is 0 Å². The number of H-pyrrole nitrogens is 1. The van der Waals surface area contributed by atoms with E-state index in [0.717, 1.165) is 16.9 Å². The van der Waals surface area contributed by atoms with Crippen molar-refractivity contribution in [3.05, 3.63) is 53.9 Å². The molecule has 3 rings (SSSR count). The number of ketones is 1. The van der Waals surface area contributed by atoms with Crippen LogP contribution < -0.4 is 5.32 Å². The Hall–Kier alpha value is -2.03. The zero-order chi connectivity index (χ0) is 11.0. The smallest absolute Gasteiger partial charge is 0.167 e. The van der Waals surface area contributed by atoms with Gasteiger partial charge in [0.2, 0.25) is 0 Å². The van der Waals surface area contributed by atoms with Gasteiger partial charge in [-0.15, -0.1) is 0 Å². The molecular formula is C13H12N2O. The minimum Gasteiger partial charge on any atom is -0.376 e. The third-order valence-corrected chi connectivity index (χ3v) is 2.94. The van der Waals surface area contributed by atoms with Crippen molar-refractivity contribution in [3.8, 4) is 0 Å². The molecule has 0 unspecified atom stereocenters. The van der Waals surface area contributed by atoms with Crippen molar-refractivity contribution >= 4 is 11.5 Å². The van der Waals surface area contributed by atoms with E-state index in [0.29, 0.717) is 6.42 Å². The highest BCUT2D eigenvalue weighted by molar-refractivity contribution is 6.03. The van der Waals surface area contributed by atoms with Crippen LogP contribution in [0.3, 0.4) is 0 Å². The number of carbonyl (C=O) groups is 1. The highest BCUT2D eigenvalue weighted by Crippen LogP contribution is 2.31. The van der Waals surface area contributed by atoms with Gasteiger partial charge < -0.3 is 10.3 Å². The first-order chi connectivity index (χ1) is 7.84. The van der Waals surface area contributed by atoms with E-state index in [1.54, 1.807) is 0 Å². The number of aromatic amines is 1. The molecule has 1 aliphatic rings. The van der Waals surface area contributed by atoms with Gasteiger partial charge in [0.1, 0.15) is 0 Å². The first-order valence-electron chi connectivity index (χ1n) is 5.36. The summed E-state index contributed by atoms with van der Waals surface area (Å²) < 4.78 is 0. The summed E-state index contributed by atoms with van der Waals surface area (Å²) in [6, 6.07) is 11.7. The van der Waals surface area contributed by atoms with E-state index in [1.807, 2.05) is 42.6 Å². The fourth-order valence-corrected chi connectivity index (χ4v) is 2.13. The van der Waals surface area contributed by atoms with Crippen LogP contribution >= 0.6 is 0 Å². The van der Waals surface area contributed by atoms with Crippen molar-refractivity contribution in [2.24, 2.45) is 0 Å². The van der Waals surface area contributed by atoms with Crippen LogP contribution in [0.15, 0.2) is 42.6 Å². The molecule has 0 fully saturated rings. The SMILES string of the molecule is O=C1C[C@@H](c2ccc[nH]2)Nc2ccccc21. The van der Waals surface area contributed by atoms with Crippen molar-refractivity contribution in [2.75, 3.05) is 5.32 Å². The fraction of sp³-hybridized carbons (Fsp3) is 0.154. The highest BCUT2D eigenvalue weighted by Gasteiger charge is 2.25. The van der Waals surface area contributed by atoms with Gasteiger partial charge in [-0.05, 0) is 24.3 Å². The number of benzene rings is 1. The van der Waals surface area contributed by atoms with Crippen LogP contribution in [-0.4, -0.2) is 10.8 Å². The van der Waals surface area contributed by atoms with Crippen LogP contribution in [0.1, 0.15) is 28.5 Å². The second-order valence-electron chi connectivity index (χ2n) is 4.00. The predicted molar refractivity (Wildman–Crippen MR) is 62.5 cm³/mol. The Kier molecular flexibility index (Phi) is 2.03. The van der Waals surface area contributed by atoms with Gasteiger partial charge in [0, 0.05) is 29.6 Å². The minimum absolute atomic E-state index is 0.0670. The molecule has 0 spiro atoms. The Morgan fingerprint density at radius 2 is 2.00 bits per heavy atom. The minimum atomic E-state index is 0.0670. The largest absolute Gasteiger partial charge is 0.376 e. The van der Waals surface area contributed by atoms with Gasteiger partial charge in [-0.25, -0.2) is 0 Å². The van der Waals surface area contributed by atoms with E-state index in [1.165, 1.54) is 0 Å². The Morgan fingerprint density at radius 1 is 1.12 bits per heavy atom. The summed E-state index contributed by atoms with van der Waals surface area (Å²) in [7, 11) is 0. The molecule has 0 radical (unpaired) electrons. The Balaban J connectivity index is 1.98. The third kappa shape index (κ3) is 1.41. The monoisotopic (exact) mass is 212 g/mol. The Bertz CT molecular complexity index is 516. The van der Waals surface area contributed by atoms with E-state index in [9.17, 15) is 4.79 Å². The summed E-state index contributed by atoms with van der Waals surface area (Å²) in [5.41, 5.74) is 2.78. The highest BCUT2D eigenvalue weighted by atomic mass is 16.1. The molecule has 2 heterocycles. The second kappa shape index (κ2) is 3.52. The maximum atomic E-state index is 11.9. The third-order valence-electron chi connectivity index (χ3n) is 2.94. The van der Waals surface area contributed by atoms with Crippen molar-refractivity contribution in [2.45, 2.75) is 12.5 Å². The van der Waals surface area contributed by atoms with Gasteiger partial charge >= 0.3 is 0 Å². The number of nitrogens with one attached hydrogen (secondary N) is 2. The zero-order valence-electron chi connectivity index (χ0n) is 8.73. The van der Waals surface area contributed by atoms with E-state index < -0.39 is 0 Å². The average Bonchev–Trinajstić information content (AvgIpc) is 2.82. The van der Waals surface area contributed by atoms with Gasteiger partial charge in [0.25, 0.3) is 0 Å². The summed E-state index contributed by atoms with van der Waals surface area (Å²) in [4.78, 5) is 15.1. The molecule has 2 N–H and O–H groups in total. The lowest BCUT2D eigenvalue weighted by atomic mass is 9.95. The Labute approximate surface area is 93.5 Å². The van der Waals surface area contributed by atoms with Crippen LogP contribution in [0.25, 0.3) is 0 Å². The summed E-state index contributed by atoms with van der Waals surface area (Å²) in [5.74, 6) is 0.203. The number of carbonyl (C=O) groups excluding carboxylic acids is 1. The number of anilines is 1. The molecular weight excluding hydrogens is 200 g/mol. The molecule has 16 heavy (non-hydrogen) atoms. The summed E-state index contributed by atoms with van der Waals surface area (Å²) >= 11 is 0. The number of aromatic nitrogens is 1. The van der Waals surface area contributed by atoms with Crippen LogP contribution in [0.2, 0.25) is 0 Å². The van der Waals surface area contributed by atoms with Gasteiger partial charge in [0.05, 0.1) is 6.04 Å². The molecule has 1 aliphatic heterocycles. The molecule has 2 aromatic rings. The molecule has 1 atom stereocenters. The van der Waals surface area contributed by atoms with Gasteiger partial charge in [-0.2, -0.15) is 0 Å². The molecule has 80 valence electrons. The molecule has 3 nitrogen and oxygen atoms in total. The molecule has 0 saturated heterocycles. The van der Waals surface area contributed by atoms with Gasteiger partial charge in [-0.3, -0.25) is 4.79 Å². The predicted octanol–water partition coefficient (Wildman–Crippen LogP) is 2.75. The fourth-order valence-electron chi connectivity index (χ4n) is 2.13. The van der Waals surface area contributed by atoms with Crippen LogP contribution in [0.5, 0.6) is 0 Å². The number of para-hydroxylation sites is 1. The number of Topliss-reactive ketones (excluding diaryl/α,β-unsaturated/α-hetero) is 1. The summed E-state index contributed by atoms with van der Waals surface area (Å²) in [6.07, 6.45) is 2.39. The van der Waals surface area contributed by atoms with E-state index >= 15 is 0 Å². The number of fused-ring (bicyclic) bond motifs is 1. The average molecular weight is 212 g/mol. The first kappa shape index (κ1) is 9.21. The van der Waals surface area contributed by atoms with E-state index in [-0.39, 0.29) is 11.8 Å². The lowest BCUT2D eigenvalue weighted by Gasteiger charge is -2.25. The number of rotatable bonds is 1. The number of hydrogen-bond donors (Lipinski definition) is 2. The van der Waals surface area contributed by atoms with Crippen molar-refractivity contribution in [3.63, 3.8) is 0 Å². The molecule has 0 saturated carbocycles. The molecule has 3 heteroatoms. The zero-order valence-corrected chi connectivity index (χ0v) is 8.73. The van der Waals surface area contributed by atoms with Crippen LogP contribution in [-0.2, 0) is 0 Å². The van der Waals surface area contributed by atoms with Crippen LogP contribution in [0.4, 0.5) is 5.69 Å². The lowest BCUT2D eigenvalue weighted by Crippen LogP contribution is -2.22. The maximum absolute atomic E-state index is 11.9. The second-order valence-corrected chi connectivity index (χ2v) is 4.00. The van der Waals surface area contributed by atoms with Gasteiger partial charge in [-0.1, -0.05) is 12.1 Å². The Morgan fingerprint density at radius 3 is 2.81 bits per heavy atom. The topological polar surface area (TPSA) is 44.9 Å². The first-order valence-corrected chi connectivity index (χ1v) is 5.36. The van der Waals surface area contributed by atoms with Crippen molar-refractivity contribution in [1.82, 2.24) is 4.98 Å². The van der Waals surface area contributed by atoms with E-state index in [2.05, 4.69) is 10.3 Å². The molecule has 0 amide bonds. The van der Waals surface area contributed by atoms with Crippen LogP contribution in [0, 0.1) is 0 Å². The standard InChI is InChI=1S/C13H12N2O/c16-13-8-12(11-6-3-7-14-11)15-10-5-2-1-4-9(10)13/h1-7,12,14-15H,8H2/t12-/m0/s1. The number of hydrogen-bond acceptors (Lipinski definition) is 2. The summed E-state index contributed by atoms with van der Waals surface area (Å²) in [5, 5.41) is 3.38. The quantitative estimate of drug-likeness (QED) is 0.763. The van der Waals surface area contributed by atoms with Gasteiger partial charge in [0.15, 0.2) is 5.78 Å². The maximum Gasteiger partial charge on any atom is 0.167 e. The molecule has 1 aromatic carbocycles. The lowest BCUT2D eigenvalue weighted by molar-refractivity contribution is 0.0972. The van der Waals surface area contributed by atoms with Crippen molar-refractivity contribution < 1.29 is 4.79 Å². The molecule has 0 aliphatic carbocycles. The molecule has 0 bridgehead atoms. The van der Waals surface area contributed by atoms with E-state index in [4.69, 9.17) is 0 Å². The summed E-state index contributed by atoms with van der Waals surface area (Å²) in [6.45, 7) is 0.